The number of H-pyrrole nitrogens is 1. The molecule has 5 aromatic rings. The molecular formula is C27H27N5O2. The van der Waals surface area contributed by atoms with E-state index in [1.807, 2.05) is 54.6 Å². The van der Waals surface area contributed by atoms with Gasteiger partial charge in [0.2, 0.25) is 0 Å². The van der Waals surface area contributed by atoms with Gasteiger partial charge in [0.1, 0.15) is 11.4 Å². The first-order valence-corrected chi connectivity index (χ1v) is 11.3. The minimum absolute atomic E-state index is 0.216. The molecule has 0 spiro atoms. The van der Waals surface area contributed by atoms with Gasteiger partial charge in [-0.1, -0.05) is 36.4 Å². The van der Waals surface area contributed by atoms with Crippen LogP contribution in [0.5, 0.6) is 5.75 Å². The lowest BCUT2D eigenvalue weighted by atomic mass is 10.1. The second-order valence-corrected chi connectivity index (χ2v) is 8.17. The molecule has 2 aromatic heterocycles. The zero-order chi connectivity index (χ0) is 23.5. The summed E-state index contributed by atoms with van der Waals surface area (Å²) in [4.78, 5) is 20.7. The van der Waals surface area contributed by atoms with E-state index < -0.39 is 0 Å². The summed E-state index contributed by atoms with van der Waals surface area (Å²) in [7, 11) is 3.74. The van der Waals surface area contributed by atoms with Crippen LogP contribution in [-0.2, 0) is 7.05 Å². The number of amides is 2. The van der Waals surface area contributed by atoms with Gasteiger partial charge in [0.25, 0.3) is 0 Å². The lowest BCUT2D eigenvalue weighted by molar-refractivity contribution is 0.252. The predicted molar refractivity (Wildman–Crippen MR) is 137 cm³/mol. The number of pyridine rings is 1. The molecule has 5 rings (SSSR count). The third-order valence-corrected chi connectivity index (χ3v) is 6.00. The first-order chi connectivity index (χ1) is 16.7. The number of ether oxygens (including phenoxy) is 1. The molecule has 0 radical (unpaired) electrons. The summed E-state index contributed by atoms with van der Waals surface area (Å²) in [5.41, 5.74) is 3.94. The van der Waals surface area contributed by atoms with Crippen LogP contribution in [-0.4, -0.2) is 35.8 Å². The van der Waals surface area contributed by atoms with Gasteiger partial charge in [-0.3, -0.25) is 4.99 Å². The Bertz CT molecular complexity index is 1550. The fourth-order valence-corrected chi connectivity index (χ4v) is 4.33. The highest BCUT2D eigenvalue weighted by atomic mass is 16.5. The molecule has 0 aliphatic heterocycles. The number of aryl methyl sites for hydroxylation is 1. The Kier molecular flexibility index (Phi) is 5.91. The first kappa shape index (κ1) is 21.6. The Hall–Kier alpha value is -4.26. The van der Waals surface area contributed by atoms with E-state index in [9.17, 15) is 4.79 Å². The summed E-state index contributed by atoms with van der Waals surface area (Å²) in [6.45, 7) is 1.11. The Labute approximate surface area is 197 Å². The van der Waals surface area contributed by atoms with Gasteiger partial charge >= 0.3 is 6.03 Å². The van der Waals surface area contributed by atoms with E-state index in [2.05, 4.69) is 45.4 Å². The van der Waals surface area contributed by atoms with Crippen LogP contribution < -0.4 is 20.7 Å². The lowest BCUT2D eigenvalue weighted by Gasteiger charge is -2.11. The molecule has 2 heterocycles. The van der Waals surface area contributed by atoms with Crippen molar-refractivity contribution in [3.05, 3.63) is 78.2 Å². The highest BCUT2D eigenvalue weighted by molar-refractivity contribution is 6.09. The molecule has 3 N–H and O–H groups in total. The zero-order valence-electron chi connectivity index (χ0n) is 19.3. The summed E-state index contributed by atoms with van der Waals surface area (Å²) in [5, 5.41) is 9.94. The van der Waals surface area contributed by atoms with Crippen molar-refractivity contribution in [3.8, 4) is 5.75 Å². The van der Waals surface area contributed by atoms with Crippen molar-refractivity contribution in [1.82, 2.24) is 14.9 Å². The number of hydrogen-bond acceptors (Lipinski definition) is 3. The number of carbonyl (C=O) groups excluding carboxylic acids is 1. The minimum Gasteiger partial charge on any atom is -0.497 e. The van der Waals surface area contributed by atoms with E-state index >= 15 is 0 Å². The van der Waals surface area contributed by atoms with E-state index in [0.717, 1.165) is 56.1 Å². The number of aromatic amines is 1. The van der Waals surface area contributed by atoms with Crippen LogP contribution in [0.25, 0.3) is 32.8 Å². The molecule has 0 atom stereocenters. The van der Waals surface area contributed by atoms with E-state index in [-0.39, 0.29) is 6.03 Å². The van der Waals surface area contributed by atoms with Crippen LogP contribution in [0.1, 0.15) is 6.42 Å². The summed E-state index contributed by atoms with van der Waals surface area (Å²) >= 11 is 0. The van der Waals surface area contributed by atoms with Gasteiger partial charge in [0.05, 0.1) is 23.4 Å². The normalized spacial score (nSPS) is 11.9. The van der Waals surface area contributed by atoms with Crippen molar-refractivity contribution in [1.29, 1.82) is 0 Å². The number of para-hydroxylation sites is 2. The van der Waals surface area contributed by atoms with Crippen molar-refractivity contribution in [2.24, 2.45) is 12.0 Å². The molecule has 172 valence electrons. The van der Waals surface area contributed by atoms with Crippen molar-refractivity contribution >= 4 is 44.6 Å². The van der Waals surface area contributed by atoms with Gasteiger partial charge in [-0.05, 0) is 42.8 Å². The van der Waals surface area contributed by atoms with Gasteiger partial charge in [0, 0.05) is 42.1 Å². The van der Waals surface area contributed by atoms with E-state index in [1.54, 1.807) is 7.11 Å². The van der Waals surface area contributed by atoms with Crippen LogP contribution in [0.3, 0.4) is 0 Å². The van der Waals surface area contributed by atoms with Crippen LogP contribution in [0.15, 0.2) is 77.8 Å². The van der Waals surface area contributed by atoms with E-state index in [1.165, 1.54) is 0 Å². The van der Waals surface area contributed by atoms with E-state index in [0.29, 0.717) is 13.1 Å². The predicted octanol–water partition coefficient (Wildman–Crippen LogP) is 4.93. The average Bonchev–Trinajstić information content (AvgIpc) is 3.26. The maximum Gasteiger partial charge on any atom is 0.319 e. The van der Waals surface area contributed by atoms with Gasteiger partial charge in [0.15, 0.2) is 0 Å². The third-order valence-electron chi connectivity index (χ3n) is 6.00. The number of rotatable bonds is 6. The van der Waals surface area contributed by atoms with Gasteiger partial charge in [-0.25, -0.2) is 4.79 Å². The third kappa shape index (κ3) is 4.08. The maximum absolute atomic E-state index is 12.1. The summed E-state index contributed by atoms with van der Waals surface area (Å²) in [6, 6.07) is 23.5. The van der Waals surface area contributed by atoms with Gasteiger partial charge in [-0.15, -0.1) is 0 Å². The fraction of sp³-hybridized carbons (Fsp3) is 0.185. The highest BCUT2D eigenvalue weighted by Gasteiger charge is 2.13. The molecule has 2 amide bonds. The SMILES string of the molecule is COc1ccc2c(c1)c(=NCCCNC(=O)Nc1ccccc1)c1c3ccccc3[nH]c1n2C. The molecular weight excluding hydrogens is 426 g/mol. The van der Waals surface area contributed by atoms with Crippen molar-refractivity contribution < 1.29 is 9.53 Å². The Balaban J connectivity index is 1.46. The number of aromatic nitrogens is 2. The topological polar surface area (TPSA) is 83.4 Å². The van der Waals surface area contributed by atoms with Crippen molar-refractivity contribution in [3.63, 3.8) is 0 Å². The second-order valence-electron chi connectivity index (χ2n) is 8.17. The number of carbonyl (C=O) groups is 1. The number of urea groups is 1. The molecule has 0 aliphatic carbocycles. The molecule has 0 aliphatic rings. The lowest BCUT2D eigenvalue weighted by Crippen LogP contribution is -2.29. The molecule has 0 bridgehead atoms. The second kappa shape index (κ2) is 9.31. The number of fused-ring (bicyclic) bond motifs is 4. The first-order valence-electron chi connectivity index (χ1n) is 11.3. The number of anilines is 1. The van der Waals surface area contributed by atoms with Crippen LogP contribution in [0.4, 0.5) is 10.5 Å². The average molecular weight is 454 g/mol. The highest BCUT2D eigenvalue weighted by Crippen LogP contribution is 2.27. The summed E-state index contributed by atoms with van der Waals surface area (Å²) in [6.07, 6.45) is 0.721. The number of nitrogens with zero attached hydrogens (tertiary/aromatic N) is 2. The summed E-state index contributed by atoms with van der Waals surface area (Å²) in [5.74, 6) is 0.794. The standard InChI is InChI=1S/C27H27N5O2/c1-32-23-14-13-19(34-2)17-21(23)25(24-20-11-6-7-12-22(20)31-26(24)32)28-15-8-16-29-27(33)30-18-9-4-3-5-10-18/h3-7,9-14,17,31H,8,15-16H2,1-2H3,(H2,29,30,33). The Morgan fingerprint density at radius 1 is 1.03 bits per heavy atom. The number of nitrogens with one attached hydrogen (secondary N) is 3. The number of methoxy groups -OCH3 is 1. The molecule has 7 heteroatoms. The van der Waals surface area contributed by atoms with Gasteiger partial charge in [-0.2, -0.15) is 0 Å². The molecule has 3 aromatic carbocycles. The largest absolute Gasteiger partial charge is 0.497 e. The maximum atomic E-state index is 12.1. The zero-order valence-corrected chi connectivity index (χ0v) is 19.3. The Morgan fingerprint density at radius 2 is 1.82 bits per heavy atom. The molecule has 0 saturated heterocycles. The van der Waals surface area contributed by atoms with Gasteiger partial charge < -0.3 is 24.9 Å². The van der Waals surface area contributed by atoms with Crippen LogP contribution in [0, 0.1) is 0 Å². The minimum atomic E-state index is -0.216. The van der Waals surface area contributed by atoms with Crippen LogP contribution in [0.2, 0.25) is 0 Å². The van der Waals surface area contributed by atoms with E-state index in [4.69, 9.17) is 9.73 Å². The monoisotopic (exact) mass is 453 g/mol. The van der Waals surface area contributed by atoms with Crippen LogP contribution >= 0.6 is 0 Å². The van der Waals surface area contributed by atoms with Crippen molar-refractivity contribution in [2.75, 3.05) is 25.5 Å². The molecule has 0 fully saturated rings. The quantitative estimate of drug-likeness (QED) is 0.319. The molecule has 0 unspecified atom stereocenters. The van der Waals surface area contributed by atoms with Crippen molar-refractivity contribution in [2.45, 2.75) is 6.42 Å². The summed E-state index contributed by atoms with van der Waals surface area (Å²) < 4.78 is 7.67. The smallest absolute Gasteiger partial charge is 0.319 e. The molecule has 0 saturated carbocycles. The number of benzene rings is 3. The number of hydrogen-bond donors (Lipinski definition) is 3. The Morgan fingerprint density at radius 3 is 2.65 bits per heavy atom. The molecule has 7 nitrogen and oxygen atoms in total. The fourth-order valence-electron chi connectivity index (χ4n) is 4.33. The molecule has 34 heavy (non-hydrogen) atoms.